The molecule has 1 aliphatic heterocycles. The summed E-state index contributed by atoms with van der Waals surface area (Å²) in [6.07, 6.45) is 1.01. The second-order valence-electron chi connectivity index (χ2n) is 6.52. The fourth-order valence-corrected chi connectivity index (χ4v) is 3.46. The number of nitrogens with zero attached hydrogens (tertiary/aromatic N) is 2. The third-order valence-electron chi connectivity index (χ3n) is 4.79. The molecule has 1 unspecified atom stereocenters. The molecule has 1 saturated heterocycles. The minimum absolute atomic E-state index is 0.129. The van der Waals surface area contributed by atoms with Gasteiger partial charge in [-0.05, 0) is 30.7 Å². The van der Waals surface area contributed by atoms with Crippen molar-refractivity contribution in [3.8, 4) is 11.5 Å². The zero-order valence-corrected chi connectivity index (χ0v) is 15.0. The van der Waals surface area contributed by atoms with Crippen molar-refractivity contribution in [2.45, 2.75) is 18.9 Å². The molecule has 0 spiro atoms. The van der Waals surface area contributed by atoms with Gasteiger partial charge in [-0.3, -0.25) is 4.79 Å². The highest BCUT2D eigenvalue weighted by molar-refractivity contribution is 5.73. The maximum Gasteiger partial charge on any atom is 0.217 e. The number of rotatable bonds is 6. The number of methoxy groups -OCH3 is 1. The Balaban J connectivity index is 1.81. The first-order valence-electron chi connectivity index (χ1n) is 8.80. The zero-order valence-electron chi connectivity index (χ0n) is 15.0. The number of benzene rings is 2. The molecule has 1 atom stereocenters. The second-order valence-corrected chi connectivity index (χ2v) is 6.52. The van der Waals surface area contributed by atoms with Crippen LogP contribution in [0.1, 0.15) is 12.8 Å². The average molecular weight is 355 g/mol. The van der Waals surface area contributed by atoms with Crippen molar-refractivity contribution in [1.82, 2.24) is 0 Å². The Hall–Kier alpha value is -2.89. The monoisotopic (exact) mass is 355 g/mol. The van der Waals surface area contributed by atoms with E-state index < -0.39 is 0 Å². The maximum atomic E-state index is 11.3. The van der Waals surface area contributed by atoms with Gasteiger partial charge in [0.25, 0.3) is 0 Å². The van der Waals surface area contributed by atoms with E-state index in [0.29, 0.717) is 12.8 Å². The van der Waals surface area contributed by atoms with Crippen molar-refractivity contribution in [3.05, 3.63) is 48.5 Å². The lowest BCUT2D eigenvalue weighted by Crippen LogP contribution is -2.53. The van der Waals surface area contributed by atoms with E-state index in [4.69, 9.17) is 10.5 Å². The van der Waals surface area contributed by atoms with Gasteiger partial charge >= 0.3 is 0 Å². The summed E-state index contributed by atoms with van der Waals surface area (Å²) in [6.45, 7) is 2.41. The number of primary amides is 1. The predicted molar refractivity (Wildman–Crippen MR) is 103 cm³/mol. The van der Waals surface area contributed by atoms with Crippen LogP contribution in [0, 0.1) is 0 Å². The molecule has 2 aromatic rings. The summed E-state index contributed by atoms with van der Waals surface area (Å²) >= 11 is 0. The van der Waals surface area contributed by atoms with Gasteiger partial charge in [0, 0.05) is 55.6 Å². The molecule has 1 fully saturated rings. The van der Waals surface area contributed by atoms with Crippen LogP contribution in [0.2, 0.25) is 0 Å². The van der Waals surface area contributed by atoms with Crippen LogP contribution in [0.25, 0.3) is 0 Å². The van der Waals surface area contributed by atoms with Gasteiger partial charge in [0.15, 0.2) is 0 Å². The summed E-state index contributed by atoms with van der Waals surface area (Å²) in [5.41, 5.74) is 7.44. The molecule has 1 amide bonds. The van der Waals surface area contributed by atoms with Crippen molar-refractivity contribution < 1.29 is 14.6 Å². The van der Waals surface area contributed by atoms with Crippen molar-refractivity contribution in [1.29, 1.82) is 0 Å². The molecule has 0 aliphatic carbocycles. The molecule has 6 heteroatoms. The first-order valence-corrected chi connectivity index (χ1v) is 8.80. The number of anilines is 2. The number of hydrogen-bond donors (Lipinski definition) is 2. The molecule has 6 nitrogen and oxygen atoms in total. The van der Waals surface area contributed by atoms with E-state index in [0.717, 1.165) is 36.8 Å². The second kappa shape index (κ2) is 7.99. The smallest absolute Gasteiger partial charge is 0.217 e. The van der Waals surface area contributed by atoms with Crippen LogP contribution >= 0.6 is 0 Å². The Morgan fingerprint density at radius 3 is 2.69 bits per heavy atom. The van der Waals surface area contributed by atoms with E-state index in [1.54, 1.807) is 19.2 Å². The number of hydrogen-bond acceptors (Lipinski definition) is 5. The van der Waals surface area contributed by atoms with E-state index in [-0.39, 0.29) is 17.7 Å². The van der Waals surface area contributed by atoms with Gasteiger partial charge < -0.3 is 25.4 Å². The lowest BCUT2D eigenvalue weighted by Gasteiger charge is -2.44. The van der Waals surface area contributed by atoms with Crippen LogP contribution in [-0.4, -0.2) is 43.8 Å². The van der Waals surface area contributed by atoms with Crippen LogP contribution < -0.4 is 20.3 Å². The minimum atomic E-state index is -0.292. The molecule has 1 aliphatic rings. The Labute approximate surface area is 153 Å². The zero-order chi connectivity index (χ0) is 18.5. The first kappa shape index (κ1) is 17.9. The van der Waals surface area contributed by atoms with E-state index >= 15 is 0 Å². The van der Waals surface area contributed by atoms with Crippen molar-refractivity contribution in [3.63, 3.8) is 0 Å². The number of carbonyl (C=O) groups excluding carboxylic acids is 1. The molecular formula is C20H25N3O3. The molecule has 0 saturated carbocycles. The molecule has 0 bridgehead atoms. The number of nitrogens with two attached hydrogens (primary N) is 1. The van der Waals surface area contributed by atoms with E-state index in [2.05, 4.69) is 15.9 Å². The van der Waals surface area contributed by atoms with Crippen LogP contribution in [0.15, 0.2) is 48.5 Å². The van der Waals surface area contributed by atoms with Gasteiger partial charge in [-0.15, -0.1) is 0 Å². The summed E-state index contributed by atoms with van der Waals surface area (Å²) in [5, 5.41) is 9.81. The van der Waals surface area contributed by atoms with Gasteiger partial charge in [-0.2, -0.15) is 0 Å². The molecule has 2 aromatic carbocycles. The van der Waals surface area contributed by atoms with Crippen LogP contribution in [0.3, 0.4) is 0 Å². The Morgan fingerprint density at radius 2 is 1.96 bits per heavy atom. The maximum absolute atomic E-state index is 11.3. The van der Waals surface area contributed by atoms with Gasteiger partial charge in [-0.25, -0.2) is 0 Å². The van der Waals surface area contributed by atoms with Crippen molar-refractivity contribution in [2.24, 2.45) is 5.73 Å². The summed E-state index contributed by atoms with van der Waals surface area (Å²) < 4.78 is 5.33. The summed E-state index contributed by atoms with van der Waals surface area (Å²) in [6, 6.07) is 15.4. The molecular weight excluding hydrogens is 330 g/mol. The predicted octanol–water partition coefficient (Wildman–Crippen LogP) is 2.36. The summed E-state index contributed by atoms with van der Waals surface area (Å²) in [7, 11) is 1.66. The topological polar surface area (TPSA) is 79.0 Å². The molecule has 0 aromatic heterocycles. The fraction of sp³-hybridized carbons (Fsp3) is 0.350. The van der Waals surface area contributed by atoms with Gasteiger partial charge in [-0.1, -0.05) is 12.1 Å². The number of phenols is 1. The number of amides is 1. The Morgan fingerprint density at radius 1 is 1.19 bits per heavy atom. The van der Waals surface area contributed by atoms with E-state index in [9.17, 15) is 9.90 Å². The molecule has 3 N–H and O–H groups in total. The lowest BCUT2D eigenvalue weighted by molar-refractivity contribution is -0.118. The Bertz CT molecular complexity index is 765. The SMILES string of the molecule is COc1cccc(N2CCN(c3cccc(O)c3)C(CCC(N)=O)C2)c1. The molecule has 138 valence electrons. The van der Waals surface area contributed by atoms with Gasteiger partial charge in [0.05, 0.1) is 7.11 Å². The first-order chi connectivity index (χ1) is 12.6. The van der Waals surface area contributed by atoms with E-state index in [1.807, 2.05) is 30.3 Å². The normalized spacial score (nSPS) is 17.2. The third kappa shape index (κ3) is 4.20. The van der Waals surface area contributed by atoms with Crippen molar-refractivity contribution >= 4 is 17.3 Å². The van der Waals surface area contributed by atoms with Crippen LogP contribution in [-0.2, 0) is 4.79 Å². The Kier molecular flexibility index (Phi) is 5.51. The molecule has 0 radical (unpaired) electrons. The summed E-state index contributed by atoms with van der Waals surface area (Å²) in [4.78, 5) is 15.9. The molecule has 3 rings (SSSR count). The van der Waals surface area contributed by atoms with Gasteiger partial charge in [0.2, 0.25) is 5.91 Å². The van der Waals surface area contributed by atoms with E-state index in [1.165, 1.54) is 0 Å². The number of piperazine rings is 1. The molecule has 1 heterocycles. The number of ether oxygens (including phenoxy) is 1. The average Bonchev–Trinajstić information content (AvgIpc) is 2.66. The highest BCUT2D eigenvalue weighted by Crippen LogP contribution is 2.29. The van der Waals surface area contributed by atoms with Crippen LogP contribution in [0.5, 0.6) is 11.5 Å². The summed E-state index contributed by atoms with van der Waals surface area (Å²) in [5.74, 6) is 0.775. The van der Waals surface area contributed by atoms with Crippen molar-refractivity contribution in [2.75, 3.05) is 36.5 Å². The van der Waals surface area contributed by atoms with Gasteiger partial charge in [0.1, 0.15) is 11.5 Å². The standard InChI is InChI=1S/C20H25N3O3/c1-26-19-7-3-4-15(13-19)22-10-11-23(16-5-2-6-18(24)12-16)17(14-22)8-9-20(21)25/h2-7,12-13,17,24H,8-11,14H2,1H3,(H2,21,25). The minimum Gasteiger partial charge on any atom is -0.508 e. The fourth-order valence-electron chi connectivity index (χ4n) is 3.46. The number of aromatic hydroxyl groups is 1. The highest BCUT2D eigenvalue weighted by atomic mass is 16.5. The number of phenolic OH excluding ortho intramolecular Hbond substituents is 1. The highest BCUT2D eigenvalue weighted by Gasteiger charge is 2.28. The number of carbonyl (C=O) groups is 1. The largest absolute Gasteiger partial charge is 0.508 e. The third-order valence-corrected chi connectivity index (χ3v) is 4.79. The lowest BCUT2D eigenvalue weighted by atomic mass is 10.0. The molecule has 26 heavy (non-hydrogen) atoms. The quantitative estimate of drug-likeness (QED) is 0.832. The van der Waals surface area contributed by atoms with Crippen LogP contribution in [0.4, 0.5) is 11.4 Å².